The Kier molecular flexibility index (Phi) is 5.30. The minimum absolute atomic E-state index is 0.0612. The first-order valence-corrected chi connectivity index (χ1v) is 6.55. The number of aliphatic hydroxyl groups is 1. The average Bonchev–Trinajstić information content (AvgIpc) is 2.92. The van der Waals surface area contributed by atoms with Crippen LogP contribution >= 0.6 is 0 Å². The van der Waals surface area contributed by atoms with E-state index in [2.05, 4.69) is 10.1 Å². The fraction of sp³-hybridized carbons (Fsp3) is 0.333. The molecule has 0 aliphatic carbocycles. The second-order valence-electron chi connectivity index (χ2n) is 4.58. The molecule has 0 aliphatic heterocycles. The van der Waals surface area contributed by atoms with Crippen LogP contribution in [0.25, 0.3) is 0 Å². The van der Waals surface area contributed by atoms with Gasteiger partial charge in [0.25, 0.3) is 0 Å². The van der Waals surface area contributed by atoms with E-state index in [1.165, 1.54) is 6.07 Å². The normalized spacial score (nSPS) is 12.6. The highest BCUT2D eigenvalue weighted by molar-refractivity contribution is 5.30. The lowest BCUT2D eigenvalue weighted by Gasteiger charge is -2.14. The van der Waals surface area contributed by atoms with E-state index in [1.54, 1.807) is 24.3 Å². The Morgan fingerprint density at radius 3 is 2.67 bits per heavy atom. The van der Waals surface area contributed by atoms with Gasteiger partial charge in [0.05, 0.1) is 6.54 Å². The third-order valence-electron chi connectivity index (χ3n) is 3.04. The number of alkyl halides is 2. The molecule has 2 N–H and O–H groups in total. The Morgan fingerprint density at radius 2 is 2.00 bits per heavy atom. The van der Waals surface area contributed by atoms with Crippen LogP contribution in [0, 0.1) is 0 Å². The number of furan rings is 1. The lowest BCUT2D eigenvalue weighted by molar-refractivity contribution is -0.0499. The molecule has 1 unspecified atom stereocenters. The molecule has 0 spiro atoms. The van der Waals surface area contributed by atoms with Gasteiger partial charge in [0, 0.05) is 6.04 Å². The van der Waals surface area contributed by atoms with Crippen LogP contribution in [0.2, 0.25) is 0 Å². The Morgan fingerprint density at radius 1 is 1.24 bits per heavy atom. The molecule has 0 saturated heterocycles. The zero-order chi connectivity index (χ0) is 15.2. The molecule has 0 saturated carbocycles. The highest BCUT2D eigenvalue weighted by Crippen LogP contribution is 2.21. The molecule has 1 atom stereocenters. The quantitative estimate of drug-likeness (QED) is 0.824. The summed E-state index contributed by atoms with van der Waals surface area (Å²) in [6, 6.07) is 9.99. The number of hydrogen-bond donors (Lipinski definition) is 2. The second kappa shape index (κ2) is 7.19. The van der Waals surface area contributed by atoms with E-state index in [4.69, 9.17) is 9.52 Å². The number of halogens is 2. The number of hydrogen-bond acceptors (Lipinski definition) is 4. The van der Waals surface area contributed by atoms with Gasteiger partial charge in [-0.1, -0.05) is 12.1 Å². The lowest BCUT2D eigenvalue weighted by Crippen LogP contribution is -2.17. The Labute approximate surface area is 121 Å². The van der Waals surface area contributed by atoms with Crippen molar-refractivity contribution in [2.24, 2.45) is 0 Å². The molecule has 1 aromatic carbocycles. The third-order valence-corrected chi connectivity index (χ3v) is 3.04. The highest BCUT2D eigenvalue weighted by atomic mass is 19.3. The van der Waals surface area contributed by atoms with Gasteiger partial charge in [0.15, 0.2) is 0 Å². The van der Waals surface area contributed by atoms with Crippen molar-refractivity contribution in [3.8, 4) is 5.75 Å². The van der Waals surface area contributed by atoms with Crippen molar-refractivity contribution in [1.29, 1.82) is 0 Å². The Hall–Kier alpha value is -1.92. The van der Waals surface area contributed by atoms with E-state index in [0.29, 0.717) is 18.1 Å². The molecule has 2 aromatic rings. The van der Waals surface area contributed by atoms with E-state index in [-0.39, 0.29) is 18.4 Å². The van der Waals surface area contributed by atoms with Crippen molar-refractivity contribution >= 4 is 0 Å². The predicted molar refractivity (Wildman–Crippen MR) is 73.0 cm³/mol. The molecule has 2 rings (SSSR count). The van der Waals surface area contributed by atoms with Gasteiger partial charge < -0.3 is 19.6 Å². The summed E-state index contributed by atoms with van der Waals surface area (Å²) in [5, 5.41) is 12.1. The molecule has 114 valence electrons. The Balaban J connectivity index is 1.94. The van der Waals surface area contributed by atoms with Crippen molar-refractivity contribution in [3.63, 3.8) is 0 Å². The van der Waals surface area contributed by atoms with Gasteiger partial charge in [-0.25, -0.2) is 0 Å². The first-order chi connectivity index (χ1) is 10.1. The summed E-state index contributed by atoms with van der Waals surface area (Å²) in [5.74, 6) is 1.34. The number of rotatable bonds is 7. The summed E-state index contributed by atoms with van der Waals surface area (Å²) in [6.45, 7) is -0.579. The summed E-state index contributed by atoms with van der Waals surface area (Å²) in [7, 11) is 0. The Bertz CT molecular complexity index is 572. The zero-order valence-electron chi connectivity index (χ0n) is 11.6. The van der Waals surface area contributed by atoms with Gasteiger partial charge in [-0.05, 0) is 36.8 Å². The lowest BCUT2D eigenvalue weighted by atomic mass is 10.1. The highest BCUT2D eigenvalue weighted by Gasteiger charge is 2.10. The van der Waals surface area contributed by atoms with Crippen LogP contribution in [-0.4, -0.2) is 11.7 Å². The van der Waals surface area contributed by atoms with E-state index < -0.39 is 6.61 Å². The number of aliphatic hydroxyl groups excluding tert-OH is 1. The fourth-order valence-electron chi connectivity index (χ4n) is 1.93. The molecular formula is C15H17F2NO3. The number of nitrogens with one attached hydrogen (secondary N) is 1. The van der Waals surface area contributed by atoms with Gasteiger partial charge in [0.1, 0.15) is 23.9 Å². The van der Waals surface area contributed by atoms with E-state index >= 15 is 0 Å². The third kappa shape index (κ3) is 4.54. The molecule has 0 amide bonds. The van der Waals surface area contributed by atoms with Crippen LogP contribution in [0.1, 0.15) is 30.0 Å². The van der Waals surface area contributed by atoms with Crippen molar-refractivity contribution in [2.75, 3.05) is 0 Å². The monoisotopic (exact) mass is 297 g/mol. The summed E-state index contributed by atoms with van der Waals surface area (Å²) in [5.41, 5.74) is 0.835. The maximum absolute atomic E-state index is 12.2. The first-order valence-electron chi connectivity index (χ1n) is 6.55. The van der Waals surface area contributed by atoms with Crippen molar-refractivity contribution < 1.29 is 23.0 Å². The number of benzene rings is 1. The van der Waals surface area contributed by atoms with Gasteiger partial charge in [-0.15, -0.1) is 0 Å². The summed E-state index contributed by atoms with van der Waals surface area (Å²) in [4.78, 5) is 0. The van der Waals surface area contributed by atoms with Crippen LogP contribution in [0.3, 0.4) is 0 Å². The minimum atomic E-state index is -2.83. The van der Waals surface area contributed by atoms with E-state index in [9.17, 15) is 8.78 Å². The fourth-order valence-corrected chi connectivity index (χ4v) is 1.93. The second-order valence-corrected chi connectivity index (χ2v) is 4.58. The zero-order valence-corrected chi connectivity index (χ0v) is 11.6. The molecule has 1 heterocycles. The van der Waals surface area contributed by atoms with Crippen LogP contribution in [0.15, 0.2) is 40.8 Å². The standard InChI is InChI=1S/C15H17F2NO3/c1-10(18-8-13-5-6-14(9-19)20-13)11-3-2-4-12(7-11)21-15(16)17/h2-7,10,15,18-19H,8-9H2,1H3. The van der Waals surface area contributed by atoms with Crippen molar-refractivity contribution in [2.45, 2.75) is 32.7 Å². The van der Waals surface area contributed by atoms with Gasteiger partial charge >= 0.3 is 6.61 Å². The largest absolute Gasteiger partial charge is 0.462 e. The van der Waals surface area contributed by atoms with E-state index in [1.807, 2.05) is 13.0 Å². The molecule has 0 aliphatic rings. The molecule has 6 heteroatoms. The molecule has 0 fully saturated rings. The minimum Gasteiger partial charge on any atom is -0.462 e. The molecule has 0 radical (unpaired) electrons. The maximum Gasteiger partial charge on any atom is 0.387 e. The van der Waals surface area contributed by atoms with Crippen LogP contribution in [0.4, 0.5) is 8.78 Å². The number of ether oxygens (including phenoxy) is 1. The van der Waals surface area contributed by atoms with Gasteiger partial charge in [-0.2, -0.15) is 8.78 Å². The molecular weight excluding hydrogens is 280 g/mol. The van der Waals surface area contributed by atoms with Gasteiger partial charge in [0.2, 0.25) is 0 Å². The topological polar surface area (TPSA) is 54.6 Å². The maximum atomic E-state index is 12.2. The van der Waals surface area contributed by atoms with Crippen LogP contribution in [0.5, 0.6) is 5.75 Å². The average molecular weight is 297 g/mol. The SMILES string of the molecule is CC(NCc1ccc(CO)o1)c1cccc(OC(F)F)c1. The molecule has 0 bridgehead atoms. The molecule has 4 nitrogen and oxygen atoms in total. The smallest absolute Gasteiger partial charge is 0.387 e. The first kappa shape index (κ1) is 15.5. The summed E-state index contributed by atoms with van der Waals surface area (Å²) in [6.07, 6.45) is 0. The molecule has 1 aromatic heterocycles. The summed E-state index contributed by atoms with van der Waals surface area (Å²) >= 11 is 0. The predicted octanol–water partition coefficient (Wildman–Crippen LogP) is 3.22. The van der Waals surface area contributed by atoms with Crippen LogP contribution < -0.4 is 10.1 Å². The van der Waals surface area contributed by atoms with Crippen molar-refractivity contribution in [3.05, 3.63) is 53.5 Å². The van der Waals surface area contributed by atoms with Gasteiger partial charge in [-0.3, -0.25) is 0 Å². The van der Waals surface area contributed by atoms with E-state index in [0.717, 1.165) is 5.56 Å². The summed E-state index contributed by atoms with van der Waals surface area (Å²) < 4.78 is 34.1. The van der Waals surface area contributed by atoms with Crippen LogP contribution in [-0.2, 0) is 13.2 Å². The van der Waals surface area contributed by atoms with Crippen molar-refractivity contribution in [1.82, 2.24) is 5.32 Å². The molecule has 21 heavy (non-hydrogen) atoms.